The molecule has 1 aromatic rings. The topological polar surface area (TPSA) is 24.5 Å². The Kier molecular flexibility index (Phi) is 3.09. The minimum Gasteiger partial charge on any atom is -0.378 e. The molecule has 0 spiro atoms. The number of fused-ring (bicyclic) bond motifs is 1. The molecule has 4 heteroatoms. The smallest absolute Gasteiger partial charge is 0.123 e. The number of hydrogen-bond acceptors (Lipinski definition) is 3. The number of rotatable bonds is 1. The predicted octanol–water partition coefficient (Wildman–Crippen LogP) is 1.17. The van der Waals surface area contributed by atoms with Crippen LogP contribution in [0.4, 0.5) is 4.39 Å². The molecule has 2 atom stereocenters. The molecule has 2 unspecified atom stereocenters. The van der Waals surface area contributed by atoms with Gasteiger partial charge in [0.1, 0.15) is 5.82 Å². The van der Waals surface area contributed by atoms with Gasteiger partial charge in [0, 0.05) is 31.7 Å². The fourth-order valence-corrected chi connectivity index (χ4v) is 2.75. The van der Waals surface area contributed by atoms with E-state index in [1.54, 1.807) is 12.1 Å². The molecule has 0 amide bonds. The van der Waals surface area contributed by atoms with E-state index in [4.69, 9.17) is 4.74 Å². The number of halogens is 1. The first-order chi connectivity index (χ1) is 8.34. The molecule has 17 heavy (non-hydrogen) atoms. The molecule has 2 aliphatic heterocycles. The average molecular weight is 236 g/mol. The Balaban J connectivity index is 1.83. The maximum atomic E-state index is 12.9. The van der Waals surface area contributed by atoms with Crippen LogP contribution in [0.5, 0.6) is 0 Å². The van der Waals surface area contributed by atoms with E-state index in [-0.39, 0.29) is 5.82 Å². The van der Waals surface area contributed by atoms with Crippen molar-refractivity contribution in [1.82, 2.24) is 10.2 Å². The summed E-state index contributed by atoms with van der Waals surface area (Å²) in [6, 6.07) is 7.66. The Morgan fingerprint density at radius 3 is 2.88 bits per heavy atom. The quantitative estimate of drug-likeness (QED) is 0.792. The third-order valence-electron chi connectivity index (χ3n) is 3.65. The molecule has 3 nitrogen and oxygen atoms in total. The number of ether oxygens (including phenoxy) is 1. The van der Waals surface area contributed by atoms with Crippen LogP contribution < -0.4 is 5.32 Å². The van der Waals surface area contributed by atoms with Gasteiger partial charge < -0.3 is 10.1 Å². The van der Waals surface area contributed by atoms with E-state index in [1.165, 1.54) is 5.56 Å². The highest BCUT2D eigenvalue weighted by Gasteiger charge is 2.33. The lowest BCUT2D eigenvalue weighted by molar-refractivity contribution is -0.0427. The summed E-state index contributed by atoms with van der Waals surface area (Å²) in [5.41, 5.74) is 1.19. The second kappa shape index (κ2) is 4.72. The van der Waals surface area contributed by atoms with E-state index in [0.717, 1.165) is 32.8 Å². The number of nitrogens with zero attached hydrogens (tertiary/aromatic N) is 1. The maximum Gasteiger partial charge on any atom is 0.123 e. The van der Waals surface area contributed by atoms with Gasteiger partial charge in [-0.05, 0) is 17.7 Å². The molecular formula is C13H17FN2O. The summed E-state index contributed by atoms with van der Waals surface area (Å²) in [5, 5.41) is 3.43. The first-order valence-corrected chi connectivity index (χ1v) is 6.14. The van der Waals surface area contributed by atoms with Crippen LogP contribution in [0.1, 0.15) is 11.6 Å². The first kappa shape index (κ1) is 11.1. The molecule has 0 aromatic heterocycles. The molecule has 1 N–H and O–H groups in total. The molecule has 2 heterocycles. The van der Waals surface area contributed by atoms with Crippen molar-refractivity contribution in [3.8, 4) is 0 Å². The molecule has 0 radical (unpaired) electrons. The Bertz CT molecular complexity index is 380. The monoisotopic (exact) mass is 236 g/mol. The second-order valence-electron chi connectivity index (χ2n) is 4.69. The van der Waals surface area contributed by atoms with Crippen LogP contribution in [-0.2, 0) is 4.74 Å². The lowest BCUT2D eigenvalue weighted by atomic mass is 9.99. The number of benzene rings is 1. The SMILES string of the molecule is Fc1ccc(C2CNCC3COCCN32)cc1. The number of hydrogen-bond donors (Lipinski definition) is 1. The summed E-state index contributed by atoms with van der Waals surface area (Å²) in [4.78, 5) is 2.48. The molecule has 0 bridgehead atoms. The van der Waals surface area contributed by atoms with Crippen LogP contribution in [0, 0.1) is 5.82 Å². The van der Waals surface area contributed by atoms with Crippen molar-refractivity contribution < 1.29 is 9.13 Å². The van der Waals surface area contributed by atoms with Crippen LogP contribution in [0.3, 0.4) is 0 Å². The summed E-state index contributed by atoms with van der Waals surface area (Å²) in [7, 11) is 0. The maximum absolute atomic E-state index is 12.9. The first-order valence-electron chi connectivity index (χ1n) is 6.14. The van der Waals surface area contributed by atoms with Crippen molar-refractivity contribution in [2.24, 2.45) is 0 Å². The van der Waals surface area contributed by atoms with Gasteiger partial charge >= 0.3 is 0 Å². The van der Waals surface area contributed by atoms with Crippen LogP contribution in [0.25, 0.3) is 0 Å². The summed E-state index contributed by atoms with van der Waals surface area (Å²) in [6.07, 6.45) is 0. The van der Waals surface area contributed by atoms with E-state index >= 15 is 0 Å². The fraction of sp³-hybridized carbons (Fsp3) is 0.538. The van der Waals surface area contributed by atoms with Gasteiger partial charge in [-0.15, -0.1) is 0 Å². The minimum atomic E-state index is -0.170. The number of nitrogens with one attached hydrogen (secondary N) is 1. The molecule has 92 valence electrons. The summed E-state index contributed by atoms with van der Waals surface area (Å²) in [6.45, 7) is 4.48. The van der Waals surface area contributed by atoms with Gasteiger partial charge in [0.2, 0.25) is 0 Å². The average Bonchev–Trinajstić information content (AvgIpc) is 2.39. The zero-order valence-electron chi connectivity index (χ0n) is 9.73. The van der Waals surface area contributed by atoms with Gasteiger partial charge in [-0.3, -0.25) is 4.90 Å². The Morgan fingerprint density at radius 1 is 1.24 bits per heavy atom. The highest BCUT2D eigenvalue weighted by molar-refractivity contribution is 5.21. The largest absolute Gasteiger partial charge is 0.378 e. The van der Waals surface area contributed by atoms with Gasteiger partial charge in [-0.1, -0.05) is 12.1 Å². The number of morpholine rings is 1. The highest BCUT2D eigenvalue weighted by atomic mass is 19.1. The Hall–Kier alpha value is -0.970. The molecule has 1 aromatic carbocycles. The standard InChI is InChI=1S/C13H17FN2O/c14-11-3-1-10(2-4-11)13-8-15-7-12-9-17-6-5-16(12)13/h1-4,12-13,15H,5-9H2. The summed E-state index contributed by atoms with van der Waals surface area (Å²) >= 11 is 0. The van der Waals surface area contributed by atoms with Gasteiger partial charge in [0.05, 0.1) is 13.2 Å². The third-order valence-corrected chi connectivity index (χ3v) is 3.65. The molecule has 0 aliphatic carbocycles. The van der Waals surface area contributed by atoms with Crippen LogP contribution in [-0.4, -0.2) is 43.8 Å². The van der Waals surface area contributed by atoms with E-state index in [1.807, 2.05) is 12.1 Å². The van der Waals surface area contributed by atoms with Crippen LogP contribution >= 0.6 is 0 Å². The van der Waals surface area contributed by atoms with Crippen molar-refractivity contribution >= 4 is 0 Å². The lowest BCUT2D eigenvalue weighted by Crippen LogP contribution is -2.58. The Morgan fingerprint density at radius 2 is 2.06 bits per heavy atom. The van der Waals surface area contributed by atoms with Crippen LogP contribution in [0.2, 0.25) is 0 Å². The van der Waals surface area contributed by atoms with Crippen molar-refractivity contribution in [1.29, 1.82) is 0 Å². The molecule has 2 aliphatic rings. The Labute approximate surface area is 101 Å². The van der Waals surface area contributed by atoms with Crippen molar-refractivity contribution in [3.63, 3.8) is 0 Å². The van der Waals surface area contributed by atoms with E-state index in [9.17, 15) is 4.39 Å². The number of piperazine rings is 1. The van der Waals surface area contributed by atoms with Gasteiger partial charge in [-0.2, -0.15) is 0 Å². The van der Waals surface area contributed by atoms with Crippen LogP contribution in [0.15, 0.2) is 24.3 Å². The summed E-state index contributed by atoms with van der Waals surface area (Å²) in [5.74, 6) is -0.170. The van der Waals surface area contributed by atoms with E-state index in [0.29, 0.717) is 12.1 Å². The van der Waals surface area contributed by atoms with Gasteiger partial charge in [0.25, 0.3) is 0 Å². The molecule has 3 rings (SSSR count). The molecule has 0 saturated carbocycles. The lowest BCUT2D eigenvalue weighted by Gasteiger charge is -2.45. The van der Waals surface area contributed by atoms with E-state index < -0.39 is 0 Å². The van der Waals surface area contributed by atoms with Crippen molar-refractivity contribution in [2.45, 2.75) is 12.1 Å². The van der Waals surface area contributed by atoms with Crippen molar-refractivity contribution in [2.75, 3.05) is 32.8 Å². The van der Waals surface area contributed by atoms with Gasteiger partial charge in [-0.25, -0.2) is 4.39 Å². The molecular weight excluding hydrogens is 219 g/mol. The normalized spacial score (nSPS) is 29.9. The highest BCUT2D eigenvalue weighted by Crippen LogP contribution is 2.26. The zero-order chi connectivity index (χ0) is 11.7. The minimum absolute atomic E-state index is 0.170. The zero-order valence-corrected chi connectivity index (χ0v) is 9.73. The summed E-state index contributed by atoms with van der Waals surface area (Å²) < 4.78 is 18.4. The molecule has 2 fully saturated rings. The van der Waals surface area contributed by atoms with Gasteiger partial charge in [0.15, 0.2) is 0 Å². The molecule has 2 saturated heterocycles. The fourth-order valence-electron chi connectivity index (χ4n) is 2.75. The second-order valence-corrected chi connectivity index (χ2v) is 4.69. The third kappa shape index (κ3) is 2.20. The van der Waals surface area contributed by atoms with E-state index in [2.05, 4.69) is 10.2 Å². The predicted molar refractivity (Wildman–Crippen MR) is 63.3 cm³/mol. The van der Waals surface area contributed by atoms with Crippen molar-refractivity contribution in [3.05, 3.63) is 35.6 Å².